The number of hydrogen-bond donors (Lipinski definition) is 1. The molecule has 1 N–H and O–H groups in total. The summed E-state index contributed by atoms with van der Waals surface area (Å²) in [5.74, 6) is 2.56. The molecule has 0 amide bonds. The fourth-order valence-corrected chi connectivity index (χ4v) is 5.49. The number of hydrogen-bond acceptors (Lipinski definition) is 2. The van der Waals surface area contributed by atoms with Gasteiger partial charge in [0.25, 0.3) is 0 Å². The maximum atomic E-state index is 4.92. The molecule has 3 nitrogen and oxygen atoms in total. The number of imidazole rings is 1. The zero-order valence-corrected chi connectivity index (χ0v) is 18.3. The molecule has 2 aromatic rings. The van der Waals surface area contributed by atoms with Crippen molar-refractivity contribution in [2.75, 3.05) is 19.6 Å². The number of likely N-dealkylation sites (tertiary alicyclic amines) is 1. The van der Waals surface area contributed by atoms with Crippen LogP contribution in [-0.2, 0) is 5.41 Å². The van der Waals surface area contributed by atoms with Crippen LogP contribution in [0.2, 0.25) is 0 Å². The molecule has 3 heteroatoms. The van der Waals surface area contributed by atoms with Gasteiger partial charge in [-0.15, -0.1) is 0 Å². The standard InChI is InChI=1S/C25H39N3/c1-4-5-6-9-15-28-16-14-25(3,19(2)18-28)21-12-13-22-23(17-21)27-24(26-22)20-10-7-8-11-20/h12-13,17,19-20H,4-11,14-16,18H2,1-3H3,(H,26,27). The quantitative estimate of drug-likeness (QED) is 0.563. The maximum Gasteiger partial charge on any atom is 0.110 e. The Bertz CT molecular complexity index is 773. The van der Waals surface area contributed by atoms with Gasteiger partial charge in [-0.05, 0) is 67.8 Å². The number of nitrogens with one attached hydrogen (secondary N) is 1. The Morgan fingerprint density at radius 1 is 1.18 bits per heavy atom. The van der Waals surface area contributed by atoms with E-state index in [1.807, 2.05) is 0 Å². The molecule has 2 unspecified atom stereocenters. The predicted octanol–water partition coefficient (Wildman–Crippen LogP) is 6.40. The topological polar surface area (TPSA) is 31.9 Å². The van der Waals surface area contributed by atoms with Crippen molar-refractivity contribution in [3.8, 4) is 0 Å². The lowest BCUT2D eigenvalue weighted by molar-refractivity contribution is 0.109. The fourth-order valence-electron chi connectivity index (χ4n) is 5.49. The van der Waals surface area contributed by atoms with Crippen LogP contribution in [0.5, 0.6) is 0 Å². The van der Waals surface area contributed by atoms with Crippen LogP contribution in [0.25, 0.3) is 11.0 Å². The highest BCUT2D eigenvalue weighted by molar-refractivity contribution is 5.76. The number of nitrogens with zero attached hydrogens (tertiary/aromatic N) is 2. The summed E-state index contributed by atoms with van der Waals surface area (Å²) in [6.45, 7) is 11.0. The zero-order chi connectivity index (χ0) is 19.6. The molecule has 2 fully saturated rings. The first kappa shape index (κ1) is 19.9. The second kappa shape index (κ2) is 8.57. The molecule has 1 aromatic heterocycles. The molecule has 1 saturated heterocycles. The van der Waals surface area contributed by atoms with Crippen LogP contribution in [0.3, 0.4) is 0 Å². The molecule has 0 spiro atoms. The van der Waals surface area contributed by atoms with Gasteiger partial charge in [-0.25, -0.2) is 4.98 Å². The number of fused-ring (bicyclic) bond motifs is 1. The predicted molar refractivity (Wildman–Crippen MR) is 119 cm³/mol. The molecule has 2 heterocycles. The lowest BCUT2D eigenvalue weighted by Crippen LogP contribution is -2.47. The van der Waals surface area contributed by atoms with Crippen molar-refractivity contribution in [3.05, 3.63) is 29.6 Å². The van der Waals surface area contributed by atoms with E-state index < -0.39 is 0 Å². The van der Waals surface area contributed by atoms with E-state index in [1.54, 1.807) is 0 Å². The van der Waals surface area contributed by atoms with Gasteiger partial charge >= 0.3 is 0 Å². The van der Waals surface area contributed by atoms with Crippen molar-refractivity contribution in [2.24, 2.45) is 5.92 Å². The van der Waals surface area contributed by atoms with Gasteiger partial charge < -0.3 is 9.88 Å². The van der Waals surface area contributed by atoms with Crippen molar-refractivity contribution >= 4 is 11.0 Å². The highest BCUT2D eigenvalue weighted by Crippen LogP contribution is 2.40. The first-order valence-electron chi connectivity index (χ1n) is 11.8. The third kappa shape index (κ3) is 4.01. The minimum atomic E-state index is 0.271. The Hall–Kier alpha value is -1.35. The molecule has 0 radical (unpaired) electrons. The molecule has 1 aliphatic heterocycles. The maximum absolute atomic E-state index is 4.92. The molecule has 28 heavy (non-hydrogen) atoms. The van der Waals surface area contributed by atoms with Crippen molar-refractivity contribution in [1.82, 2.24) is 14.9 Å². The summed E-state index contributed by atoms with van der Waals surface area (Å²) in [4.78, 5) is 11.3. The highest BCUT2D eigenvalue weighted by atomic mass is 15.1. The van der Waals surface area contributed by atoms with E-state index in [9.17, 15) is 0 Å². The third-order valence-corrected chi connectivity index (χ3v) is 7.80. The molecule has 2 aliphatic rings. The Morgan fingerprint density at radius 3 is 2.75 bits per heavy atom. The molecular weight excluding hydrogens is 342 g/mol. The zero-order valence-electron chi connectivity index (χ0n) is 18.3. The van der Waals surface area contributed by atoms with Crippen LogP contribution < -0.4 is 0 Å². The minimum Gasteiger partial charge on any atom is -0.342 e. The molecule has 4 rings (SSSR count). The number of piperidine rings is 1. The fraction of sp³-hybridized carbons (Fsp3) is 0.720. The minimum absolute atomic E-state index is 0.271. The molecule has 1 aromatic carbocycles. The van der Waals surface area contributed by atoms with E-state index in [0.29, 0.717) is 11.8 Å². The van der Waals surface area contributed by atoms with E-state index in [1.165, 1.54) is 94.3 Å². The van der Waals surface area contributed by atoms with Crippen molar-refractivity contribution in [2.45, 2.75) is 89.9 Å². The van der Waals surface area contributed by atoms with E-state index in [-0.39, 0.29) is 5.41 Å². The third-order valence-electron chi connectivity index (χ3n) is 7.80. The van der Waals surface area contributed by atoms with Crippen LogP contribution >= 0.6 is 0 Å². The van der Waals surface area contributed by atoms with Gasteiger partial charge in [0.2, 0.25) is 0 Å². The van der Waals surface area contributed by atoms with Gasteiger partial charge in [-0.1, -0.05) is 58.9 Å². The Labute approximate surface area is 171 Å². The SMILES string of the molecule is CCCCCCN1CCC(C)(c2ccc3nc(C4CCCC4)[nH]c3c2)C(C)C1. The lowest BCUT2D eigenvalue weighted by Gasteiger charge is -2.45. The monoisotopic (exact) mass is 381 g/mol. The molecule has 0 bridgehead atoms. The summed E-state index contributed by atoms with van der Waals surface area (Å²) in [6, 6.07) is 7.03. The average molecular weight is 382 g/mol. The Kier molecular flexibility index (Phi) is 6.10. The molecule has 2 atom stereocenters. The summed E-state index contributed by atoms with van der Waals surface area (Å²) in [7, 11) is 0. The summed E-state index contributed by atoms with van der Waals surface area (Å²) in [5, 5.41) is 0. The van der Waals surface area contributed by atoms with Crippen molar-refractivity contribution < 1.29 is 0 Å². The lowest BCUT2D eigenvalue weighted by atomic mass is 9.68. The van der Waals surface area contributed by atoms with Crippen LogP contribution in [0.1, 0.15) is 95.9 Å². The second-order valence-electron chi connectivity index (χ2n) is 9.77. The van der Waals surface area contributed by atoms with E-state index in [0.717, 1.165) is 5.52 Å². The van der Waals surface area contributed by atoms with Crippen LogP contribution in [0, 0.1) is 5.92 Å². The van der Waals surface area contributed by atoms with E-state index in [2.05, 4.69) is 48.9 Å². The number of rotatable bonds is 7. The average Bonchev–Trinajstić information content (AvgIpc) is 3.36. The molecule has 1 aliphatic carbocycles. The van der Waals surface area contributed by atoms with E-state index in [4.69, 9.17) is 4.98 Å². The largest absolute Gasteiger partial charge is 0.342 e. The van der Waals surface area contributed by atoms with Gasteiger partial charge in [-0.3, -0.25) is 0 Å². The Morgan fingerprint density at radius 2 is 2.00 bits per heavy atom. The highest BCUT2D eigenvalue weighted by Gasteiger charge is 2.38. The van der Waals surface area contributed by atoms with Gasteiger partial charge in [0, 0.05) is 12.5 Å². The van der Waals surface area contributed by atoms with Crippen LogP contribution in [0.4, 0.5) is 0 Å². The summed E-state index contributed by atoms with van der Waals surface area (Å²) in [5.41, 5.74) is 4.16. The Balaban J connectivity index is 1.46. The van der Waals surface area contributed by atoms with Crippen molar-refractivity contribution in [1.29, 1.82) is 0 Å². The molecular formula is C25H39N3. The normalized spacial score (nSPS) is 27.0. The van der Waals surface area contributed by atoms with E-state index >= 15 is 0 Å². The van der Waals surface area contributed by atoms with Gasteiger partial charge in [0.1, 0.15) is 5.82 Å². The first-order chi connectivity index (χ1) is 13.6. The first-order valence-corrected chi connectivity index (χ1v) is 11.8. The molecule has 154 valence electrons. The van der Waals surface area contributed by atoms with Crippen LogP contribution in [-0.4, -0.2) is 34.5 Å². The number of aromatic nitrogens is 2. The number of H-pyrrole nitrogens is 1. The second-order valence-corrected chi connectivity index (χ2v) is 9.77. The molecule has 1 saturated carbocycles. The summed E-state index contributed by atoms with van der Waals surface area (Å²) < 4.78 is 0. The summed E-state index contributed by atoms with van der Waals surface area (Å²) in [6.07, 6.45) is 12.0. The van der Waals surface area contributed by atoms with Crippen molar-refractivity contribution in [3.63, 3.8) is 0 Å². The smallest absolute Gasteiger partial charge is 0.110 e. The van der Waals surface area contributed by atoms with Crippen LogP contribution in [0.15, 0.2) is 18.2 Å². The summed E-state index contributed by atoms with van der Waals surface area (Å²) >= 11 is 0. The van der Waals surface area contributed by atoms with Gasteiger partial charge in [0.15, 0.2) is 0 Å². The number of benzene rings is 1. The number of unbranched alkanes of at least 4 members (excludes halogenated alkanes) is 3. The van der Waals surface area contributed by atoms with Gasteiger partial charge in [-0.2, -0.15) is 0 Å². The number of aromatic amines is 1. The van der Waals surface area contributed by atoms with Gasteiger partial charge in [0.05, 0.1) is 11.0 Å².